The van der Waals surface area contributed by atoms with E-state index in [1.54, 1.807) is 42.7 Å². The fourth-order valence-electron chi connectivity index (χ4n) is 2.42. The number of anilines is 1. The van der Waals surface area contributed by atoms with E-state index >= 15 is 0 Å². The largest absolute Gasteiger partial charge is 0.495 e. The third-order valence-electron chi connectivity index (χ3n) is 3.64. The highest BCUT2D eigenvalue weighted by Gasteiger charge is 2.18. The quantitative estimate of drug-likeness (QED) is 0.740. The van der Waals surface area contributed by atoms with Crippen LogP contribution in [-0.4, -0.2) is 23.0 Å². The molecule has 0 fully saturated rings. The van der Waals surface area contributed by atoms with E-state index in [1.165, 1.54) is 0 Å². The summed E-state index contributed by atoms with van der Waals surface area (Å²) >= 11 is 0. The van der Waals surface area contributed by atoms with Crippen LogP contribution in [0.5, 0.6) is 5.75 Å². The molecular weight excluding hydrogens is 318 g/mol. The first kappa shape index (κ1) is 16.6. The Labute approximate surface area is 146 Å². The van der Waals surface area contributed by atoms with Crippen LogP contribution in [0.3, 0.4) is 0 Å². The normalized spacial score (nSPS) is 10.3. The molecule has 128 valence electrons. The van der Waals surface area contributed by atoms with Crippen LogP contribution in [0, 0.1) is 0 Å². The summed E-state index contributed by atoms with van der Waals surface area (Å²) in [5.41, 5.74) is 1.41. The molecule has 0 saturated carbocycles. The third-order valence-corrected chi connectivity index (χ3v) is 3.64. The minimum Gasteiger partial charge on any atom is -0.495 e. The molecule has 0 spiro atoms. The molecule has 2 heterocycles. The molecule has 0 unspecified atom stereocenters. The maximum Gasteiger partial charge on any atom is 0.322 e. The molecule has 2 aromatic heterocycles. The lowest BCUT2D eigenvalue weighted by Gasteiger charge is -2.22. The van der Waals surface area contributed by atoms with Gasteiger partial charge in [-0.2, -0.15) is 0 Å². The summed E-state index contributed by atoms with van der Waals surface area (Å²) < 4.78 is 10.7. The number of ether oxygens (including phenoxy) is 1. The van der Waals surface area contributed by atoms with E-state index in [9.17, 15) is 4.79 Å². The lowest BCUT2D eigenvalue weighted by atomic mass is 10.3. The van der Waals surface area contributed by atoms with Gasteiger partial charge in [-0.3, -0.25) is 4.98 Å². The molecule has 25 heavy (non-hydrogen) atoms. The number of carbonyl (C=O) groups is 1. The van der Waals surface area contributed by atoms with Gasteiger partial charge in [0.15, 0.2) is 0 Å². The molecule has 2 amide bonds. The average Bonchev–Trinajstić information content (AvgIpc) is 3.15. The fourth-order valence-corrected chi connectivity index (χ4v) is 2.42. The molecule has 3 aromatic rings. The van der Waals surface area contributed by atoms with Crippen molar-refractivity contribution in [2.24, 2.45) is 0 Å². The second kappa shape index (κ2) is 8.01. The Bertz CT molecular complexity index is 804. The summed E-state index contributed by atoms with van der Waals surface area (Å²) in [4.78, 5) is 18.7. The fraction of sp³-hybridized carbons (Fsp3) is 0.158. The maximum absolute atomic E-state index is 12.8. The second-order valence-electron chi connectivity index (χ2n) is 5.39. The van der Waals surface area contributed by atoms with Gasteiger partial charge in [0, 0.05) is 6.20 Å². The Morgan fingerprint density at radius 3 is 2.68 bits per heavy atom. The van der Waals surface area contributed by atoms with Crippen molar-refractivity contribution in [3.8, 4) is 5.75 Å². The van der Waals surface area contributed by atoms with Crippen LogP contribution >= 0.6 is 0 Å². The van der Waals surface area contributed by atoms with E-state index in [-0.39, 0.29) is 6.03 Å². The van der Waals surface area contributed by atoms with Crippen LogP contribution in [0.2, 0.25) is 0 Å². The molecule has 0 aliphatic carbocycles. The van der Waals surface area contributed by atoms with Gasteiger partial charge in [0.1, 0.15) is 11.5 Å². The number of nitrogens with zero attached hydrogens (tertiary/aromatic N) is 2. The van der Waals surface area contributed by atoms with E-state index in [4.69, 9.17) is 9.15 Å². The number of hydrogen-bond donors (Lipinski definition) is 1. The molecular formula is C19H19N3O3. The van der Waals surface area contributed by atoms with Crippen LogP contribution in [0.25, 0.3) is 0 Å². The van der Waals surface area contributed by atoms with E-state index < -0.39 is 0 Å². The van der Waals surface area contributed by atoms with Crippen molar-refractivity contribution in [1.82, 2.24) is 9.88 Å². The highest BCUT2D eigenvalue weighted by Crippen LogP contribution is 2.24. The molecule has 0 aliphatic heterocycles. The third kappa shape index (κ3) is 4.38. The summed E-state index contributed by atoms with van der Waals surface area (Å²) in [5, 5.41) is 2.89. The predicted octanol–water partition coefficient (Wildman–Crippen LogP) is 3.92. The topological polar surface area (TPSA) is 67.6 Å². The smallest absolute Gasteiger partial charge is 0.322 e. The monoisotopic (exact) mass is 337 g/mol. The minimum atomic E-state index is -0.258. The zero-order valence-corrected chi connectivity index (χ0v) is 13.9. The number of amides is 2. The van der Waals surface area contributed by atoms with Crippen molar-refractivity contribution in [3.63, 3.8) is 0 Å². The van der Waals surface area contributed by atoms with Gasteiger partial charge in [-0.15, -0.1) is 0 Å². The summed E-state index contributed by atoms with van der Waals surface area (Å²) in [6, 6.07) is 16.3. The highest BCUT2D eigenvalue weighted by molar-refractivity contribution is 5.90. The number of urea groups is 1. The predicted molar refractivity (Wildman–Crippen MR) is 94.2 cm³/mol. The van der Waals surface area contributed by atoms with Crippen LogP contribution in [0.15, 0.2) is 71.5 Å². The Morgan fingerprint density at radius 2 is 1.96 bits per heavy atom. The Kier molecular flexibility index (Phi) is 5.31. The second-order valence-corrected chi connectivity index (χ2v) is 5.39. The van der Waals surface area contributed by atoms with Gasteiger partial charge < -0.3 is 19.4 Å². The first-order chi connectivity index (χ1) is 12.3. The van der Waals surface area contributed by atoms with Gasteiger partial charge >= 0.3 is 6.03 Å². The summed E-state index contributed by atoms with van der Waals surface area (Å²) in [5.74, 6) is 1.30. The van der Waals surface area contributed by atoms with Crippen molar-refractivity contribution in [3.05, 3.63) is 78.5 Å². The molecule has 0 saturated heterocycles. The van der Waals surface area contributed by atoms with Gasteiger partial charge in [0.05, 0.1) is 37.8 Å². The van der Waals surface area contributed by atoms with Crippen LogP contribution in [0.4, 0.5) is 10.5 Å². The standard InChI is InChI=1S/C19H19N3O3/c1-24-18-10-3-2-9-17(18)21-19(23)22(14-16-8-6-12-25-16)13-15-7-4-5-11-20-15/h2-12H,13-14H2,1H3,(H,21,23). The first-order valence-corrected chi connectivity index (χ1v) is 7.87. The van der Waals surface area contributed by atoms with E-state index in [1.807, 2.05) is 36.4 Å². The van der Waals surface area contributed by atoms with Gasteiger partial charge in [-0.1, -0.05) is 18.2 Å². The lowest BCUT2D eigenvalue weighted by Crippen LogP contribution is -2.34. The van der Waals surface area contributed by atoms with Crippen LogP contribution in [0.1, 0.15) is 11.5 Å². The summed E-state index contributed by atoms with van der Waals surface area (Å²) in [7, 11) is 1.57. The molecule has 0 bridgehead atoms. The lowest BCUT2D eigenvalue weighted by molar-refractivity contribution is 0.200. The molecule has 0 radical (unpaired) electrons. The number of para-hydroxylation sites is 2. The van der Waals surface area contributed by atoms with Gasteiger partial charge in [0.25, 0.3) is 0 Å². The maximum atomic E-state index is 12.8. The Balaban J connectivity index is 1.78. The Hall–Kier alpha value is -3.28. The van der Waals surface area contributed by atoms with Crippen molar-refractivity contribution in [2.75, 3.05) is 12.4 Å². The van der Waals surface area contributed by atoms with Crippen LogP contribution < -0.4 is 10.1 Å². The molecule has 1 N–H and O–H groups in total. The van der Waals surface area contributed by atoms with Gasteiger partial charge in [-0.25, -0.2) is 4.79 Å². The number of nitrogens with one attached hydrogen (secondary N) is 1. The van der Waals surface area contributed by atoms with E-state index in [2.05, 4.69) is 10.3 Å². The number of benzene rings is 1. The van der Waals surface area contributed by atoms with Crippen molar-refractivity contribution in [1.29, 1.82) is 0 Å². The minimum absolute atomic E-state index is 0.258. The molecule has 0 aliphatic rings. The molecule has 6 heteroatoms. The number of methoxy groups -OCH3 is 1. The summed E-state index contributed by atoms with van der Waals surface area (Å²) in [6.45, 7) is 0.701. The Morgan fingerprint density at radius 1 is 1.12 bits per heavy atom. The highest BCUT2D eigenvalue weighted by atomic mass is 16.5. The molecule has 6 nitrogen and oxygen atoms in total. The van der Waals surface area contributed by atoms with Gasteiger partial charge in [0.2, 0.25) is 0 Å². The number of aromatic nitrogens is 1. The number of furan rings is 1. The van der Waals surface area contributed by atoms with Crippen LogP contribution in [-0.2, 0) is 13.1 Å². The zero-order valence-electron chi connectivity index (χ0n) is 13.9. The first-order valence-electron chi connectivity index (χ1n) is 7.87. The number of carbonyl (C=O) groups excluding carboxylic acids is 1. The van der Waals surface area contributed by atoms with E-state index in [0.717, 1.165) is 5.69 Å². The molecule has 3 rings (SSSR count). The van der Waals surface area contributed by atoms with Crippen molar-refractivity contribution in [2.45, 2.75) is 13.1 Å². The van der Waals surface area contributed by atoms with Crippen molar-refractivity contribution < 1.29 is 13.9 Å². The van der Waals surface area contributed by atoms with Gasteiger partial charge in [-0.05, 0) is 36.4 Å². The number of hydrogen-bond acceptors (Lipinski definition) is 4. The average molecular weight is 337 g/mol. The number of rotatable bonds is 6. The SMILES string of the molecule is COc1ccccc1NC(=O)N(Cc1ccccn1)Cc1ccco1. The summed E-state index contributed by atoms with van der Waals surface area (Å²) in [6.07, 6.45) is 3.30. The molecule has 1 aromatic carbocycles. The molecule has 0 atom stereocenters. The number of pyridine rings is 1. The van der Waals surface area contributed by atoms with Crippen molar-refractivity contribution >= 4 is 11.7 Å². The van der Waals surface area contributed by atoms with E-state index in [0.29, 0.717) is 30.3 Å². The zero-order chi connectivity index (χ0) is 17.5.